The highest BCUT2D eigenvalue weighted by atomic mass is 32.2. The van der Waals surface area contributed by atoms with Gasteiger partial charge in [0.1, 0.15) is 5.92 Å². The minimum absolute atomic E-state index is 0.0412. The summed E-state index contributed by atoms with van der Waals surface area (Å²) in [5.74, 6) is -1.47. The second-order valence-electron chi connectivity index (χ2n) is 8.25. The molecule has 1 atom stereocenters. The van der Waals surface area contributed by atoms with Crippen LogP contribution in [0.3, 0.4) is 0 Å². The molecule has 0 aromatic heterocycles. The van der Waals surface area contributed by atoms with Gasteiger partial charge in [-0.15, -0.1) is 0 Å². The third kappa shape index (κ3) is 5.82. The van der Waals surface area contributed by atoms with Crippen LogP contribution in [0, 0.1) is 11.8 Å². The van der Waals surface area contributed by atoms with Crippen molar-refractivity contribution in [1.82, 2.24) is 0 Å². The Kier molecular flexibility index (Phi) is 7.65. The van der Waals surface area contributed by atoms with Gasteiger partial charge in [-0.2, -0.15) is 0 Å². The Morgan fingerprint density at radius 3 is 2.19 bits per heavy atom. The van der Waals surface area contributed by atoms with Gasteiger partial charge >= 0.3 is 5.97 Å². The third-order valence-corrected chi connectivity index (χ3v) is 7.31. The van der Waals surface area contributed by atoms with Crippen molar-refractivity contribution in [2.45, 2.75) is 49.8 Å². The fourth-order valence-corrected chi connectivity index (χ4v) is 5.47. The Balaban J connectivity index is 1.77. The second kappa shape index (κ2) is 10.2. The minimum Gasteiger partial charge on any atom is -0.465 e. The molecule has 0 saturated heterocycles. The maximum absolute atomic E-state index is 13.4. The molecule has 2 aromatic carbocycles. The number of carbonyl (C=O) groups is 2. The fourth-order valence-electron chi connectivity index (χ4n) is 4.52. The molecule has 0 aliphatic heterocycles. The van der Waals surface area contributed by atoms with E-state index in [4.69, 9.17) is 4.74 Å². The lowest BCUT2D eigenvalue weighted by Gasteiger charge is -2.30. The predicted octanol–water partition coefficient (Wildman–Crippen LogP) is 4.36. The molecule has 0 amide bonds. The van der Waals surface area contributed by atoms with E-state index in [0.717, 1.165) is 31.9 Å². The number of esters is 1. The molecule has 0 heterocycles. The molecule has 2 aromatic rings. The van der Waals surface area contributed by atoms with Gasteiger partial charge in [-0.25, -0.2) is 8.42 Å². The van der Waals surface area contributed by atoms with Crippen molar-refractivity contribution in [1.29, 1.82) is 0 Å². The number of sulfone groups is 1. The van der Waals surface area contributed by atoms with Crippen LogP contribution in [-0.4, -0.2) is 33.0 Å². The van der Waals surface area contributed by atoms with Crippen molar-refractivity contribution in [3.05, 3.63) is 65.7 Å². The lowest BCUT2D eigenvalue weighted by Crippen LogP contribution is -2.35. The van der Waals surface area contributed by atoms with Gasteiger partial charge in [0, 0.05) is 12.2 Å². The van der Waals surface area contributed by atoms with Gasteiger partial charge in [0.2, 0.25) is 0 Å². The summed E-state index contributed by atoms with van der Waals surface area (Å²) in [6, 6.07) is 16.9. The van der Waals surface area contributed by atoms with E-state index in [1.807, 2.05) is 18.2 Å². The van der Waals surface area contributed by atoms with Gasteiger partial charge in [0.05, 0.1) is 11.5 Å². The highest BCUT2D eigenvalue weighted by molar-refractivity contribution is 7.90. The van der Waals surface area contributed by atoms with Crippen LogP contribution in [0.1, 0.15) is 49.7 Å². The molecule has 5 nitrogen and oxygen atoms in total. The standard InChI is InChI=1S/C25H30O5S/c1-3-30-25(27)22(17-21-11-7-8-12-23(21)31(2,28)29)24(26)20-15-13-19(14-16-20)18-9-5-4-6-10-18/h4-12,19-20,22H,3,13-17H2,1-2H3. The molecular weight excluding hydrogens is 412 g/mol. The summed E-state index contributed by atoms with van der Waals surface area (Å²) < 4.78 is 29.5. The fraction of sp³-hybridized carbons (Fsp3) is 0.440. The summed E-state index contributed by atoms with van der Waals surface area (Å²) in [5.41, 5.74) is 1.77. The molecule has 1 aliphatic rings. The molecule has 0 N–H and O–H groups in total. The van der Waals surface area contributed by atoms with E-state index in [1.54, 1.807) is 25.1 Å². The molecule has 1 saturated carbocycles. The van der Waals surface area contributed by atoms with E-state index in [9.17, 15) is 18.0 Å². The maximum Gasteiger partial charge on any atom is 0.316 e. The van der Waals surface area contributed by atoms with E-state index >= 15 is 0 Å². The van der Waals surface area contributed by atoms with E-state index in [0.29, 0.717) is 11.5 Å². The summed E-state index contributed by atoms with van der Waals surface area (Å²) in [6.45, 7) is 1.88. The van der Waals surface area contributed by atoms with Gasteiger partial charge in [-0.1, -0.05) is 48.5 Å². The highest BCUT2D eigenvalue weighted by Crippen LogP contribution is 2.37. The highest BCUT2D eigenvalue weighted by Gasteiger charge is 2.36. The zero-order valence-electron chi connectivity index (χ0n) is 18.1. The summed E-state index contributed by atoms with van der Waals surface area (Å²) in [7, 11) is -3.47. The van der Waals surface area contributed by atoms with Crippen molar-refractivity contribution in [2.24, 2.45) is 11.8 Å². The quantitative estimate of drug-likeness (QED) is 0.449. The summed E-state index contributed by atoms with van der Waals surface area (Å²) in [5, 5.41) is 0. The van der Waals surface area contributed by atoms with Gasteiger partial charge in [-0.05, 0) is 62.1 Å². The van der Waals surface area contributed by atoms with E-state index in [2.05, 4.69) is 12.1 Å². The van der Waals surface area contributed by atoms with Gasteiger partial charge in [0.15, 0.2) is 15.6 Å². The maximum atomic E-state index is 13.4. The first-order valence-corrected chi connectivity index (χ1v) is 12.7. The summed E-state index contributed by atoms with van der Waals surface area (Å²) >= 11 is 0. The SMILES string of the molecule is CCOC(=O)C(Cc1ccccc1S(C)(=O)=O)C(=O)C1CCC(c2ccccc2)CC1. The van der Waals surface area contributed by atoms with Crippen LogP contribution in [0.5, 0.6) is 0 Å². The largest absolute Gasteiger partial charge is 0.465 e. The smallest absolute Gasteiger partial charge is 0.316 e. The van der Waals surface area contributed by atoms with E-state index < -0.39 is 21.7 Å². The summed E-state index contributed by atoms with van der Waals surface area (Å²) in [6.07, 6.45) is 4.42. The Bertz CT molecular complexity index is 1010. The Hall–Kier alpha value is -2.47. The van der Waals surface area contributed by atoms with Crippen molar-refractivity contribution in [2.75, 3.05) is 12.9 Å². The van der Waals surface area contributed by atoms with E-state index in [1.165, 1.54) is 11.6 Å². The molecule has 1 fully saturated rings. The monoisotopic (exact) mass is 442 g/mol. The van der Waals surface area contributed by atoms with Crippen LogP contribution in [0.15, 0.2) is 59.5 Å². The van der Waals surface area contributed by atoms with Gasteiger partial charge < -0.3 is 4.74 Å². The van der Waals surface area contributed by atoms with Crippen LogP contribution in [0.25, 0.3) is 0 Å². The number of ether oxygens (including phenoxy) is 1. The minimum atomic E-state index is -3.47. The van der Waals surface area contributed by atoms with Crippen LogP contribution >= 0.6 is 0 Å². The first-order valence-electron chi connectivity index (χ1n) is 10.8. The first-order chi connectivity index (χ1) is 14.8. The topological polar surface area (TPSA) is 77.5 Å². The lowest BCUT2D eigenvalue weighted by molar-refractivity contribution is -0.152. The average Bonchev–Trinajstić information content (AvgIpc) is 2.77. The Morgan fingerprint density at radius 2 is 1.58 bits per heavy atom. The molecule has 6 heteroatoms. The molecule has 1 aliphatic carbocycles. The number of benzene rings is 2. The van der Waals surface area contributed by atoms with Crippen molar-refractivity contribution < 1.29 is 22.7 Å². The van der Waals surface area contributed by atoms with Gasteiger partial charge in [0.25, 0.3) is 0 Å². The van der Waals surface area contributed by atoms with Crippen molar-refractivity contribution >= 4 is 21.6 Å². The van der Waals surface area contributed by atoms with Crippen molar-refractivity contribution in [3.8, 4) is 0 Å². The molecular formula is C25H30O5S. The molecule has 31 heavy (non-hydrogen) atoms. The zero-order chi connectivity index (χ0) is 22.4. The predicted molar refractivity (Wildman–Crippen MR) is 120 cm³/mol. The van der Waals surface area contributed by atoms with Gasteiger partial charge in [-0.3, -0.25) is 9.59 Å². The van der Waals surface area contributed by atoms with E-state index in [-0.39, 0.29) is 29.6 Å². The Morgan fingerprint density at radius 1 is 0.968 bits per heavy atom. The summed E-state index contributed by atoms with van der Waals surface area (Å²) in [4.78, 5) is 26.2. The number of hydrogen-bond acceptors (Lipinski definition) is 5. The van der Waals surface area contributed by atoms with Crippen LogP contribution < -0.4 is 0 Å². The van der Waals surface area contributed by atoms with Crippen molar-refractivity contribution in [3.63, 3.8) is 0 Å². The molecule has 0 spiro atoms. The number of hydrogen-bond donors (Lipinski definition) is 0. The average molecular weight is 443 g/mol. The van der Waals surface area contributed by atoms with Crippen LogP contribution in [0.2, 0.25) is 0 Å². The number of carbonyl (C=O) groups excluding carboxylic acids is 2. The number of ketones is 1. The number of Topliss-reactive ketones (excluding diaryl/α,β-unsaturated/α-hetero) is 1. The Labute approximate surface area is 184 Å². The molecule has 0 radical (unpaired) electrons. The molecule has 0 bridgehead atoms. The van der Waals surface area contributed by atoms with Crippen LogP contribution in [0.4, 0.5) is 0 Å². The normalized spacial score (nSPS) is 20.1. The molecule has 1 unspecified atom stereocenters. The molecule has 3 rings (SSSR count). The third-order valence-electron chi connectivity index (χ3n) is 6.11. The van der Waals surface area contributed by atoms with Crippen LogP contribution in [-0.2, 0) is 30.6 Å². The number of rotatable bonds is 8. The second-order valence-corrected chi connectivity index (χ2v) is 10.2. The molecule has 166 valence electrons. The lowest BCUT2D eigenvalue weighted by atomic mass is 9.74. The first kappa shape index (κ1) is 23.2. The zero-order valence-corrected chi connectivity index (χ0v) is 18.9.